The highest BCUT2D eigenvalue weighted by atomic mass is 16.5. The van der Waals surface area contributed by atoms with E-state index in [9.17, 15) is 9.90 Å². The summed E-state index contributed by atoms with van der Waals surface area (Å²) in [5.41, 5.74) is 3.05. The van der Waals surface area contributed by atoms with Gasteiger partial charge in [0.05, 0.1) is 13.0 Å². The van der Waals surface area contributed by atoms with E-state index < -0.39 is 0 Å². The molecule has 0 aromatic heterocycles. The summed E-state index contributed by atoms with van der Waals surface area (Å²) in [4.78, 5) is 17.1. The minimum atomic E-state index is -0.182. The highest BCUT2D eigenvalue weighted by Gasteiger charge is 2.35. The van der Waals surface area contributed by atoms with Crippen LogP contribution in [0.5, 0.6) is 5.75 Å². The van der Waals surface area contributed by atoms with Crippen LogP contribution in [-0.2, 0) is 9.53 Å². The maximum Gasteiger partial charge on any atom is 0.306 e. The second-order valence-electron chi connectivity index (χ2n) is 7.18. The molecule has 2 aromatic carbocycles. The normalized spacial score (nSPS) is 19.4. The van der Waals surface area contributed by atoms with Gasteiger partial charge in [-0.3, -0.25) is 9.79 Å². The number of nitrogens with zero attached hydrogens (tertiary/aromatic N) is 1. The standard InChI is InChI=1S/C22H25NO3/c1-15(2)14-26-21(25)12-19-20(16-6-4-3-5-7-16)13-23-22(19)17-8-10-18(24)11-9-17/h3-11,15,19-20,24H,12-14H2,1-2H3. The van der Waals surface area contributed by atoms with E-state index in [-0.39, 0.29) is 23.6 Å². The SMILES string of the molecule is CC(C)COC(=O)CC1C(c2ccc(O)cc2)=NCC1c1ccccc1. The van der Waals surface area contributed by atoms with Crippen molar-refractivity contribution < 1.29 is 14.6 Å². The van der Waals surface area contributed by atoms with E-state index in [4.69, 9.17) is 9.73 Å². The molecule has 2 unspecified atom stereocenters. The Balaban J connectivity index is 1.83. The Labute approximate surface area is 154 Å². The zero-order chi connectivity index (χ0) is 18.5. The van der Waals surface area contributed by atoms with Crippen LogP contribution in [0.2, 0.25) is 0 Å². The molecule has 0 saturated heterocycles. The van der Waals surface area contributed by atoms with E-state index in [1.807, 2.05) is 44.2 Å². The molecule has 0 bridgehead atoms. The third kappa shape index (κ3) is 4.31. The summed E-state index contributed by atoms with van der Waals surface area (Å²) in [6.45, 7) is 5.15. The molecule has 2 atom stereocenters. The summed E-state index contributed by atoms with van der Waals surface area (Å²) < 4.78 is 5.42. The molecule has 26 heavy (non-hydrogen) atoms. The minimum absolute atomic E-state index is 0.0263. The van der Waals surface area contributed by atoms with Gasteiger partial charge in [0, 0.05) is 24.1 Å². The van der Waals surface area contributed by atoms with Gasteiger partial charge in [0.2, 0.25) is 0 Å². The highest BCUT2D eigenvalue weighted by molar-refractivity contribution is 6.05. The molecule has 136 valence electrons. The molecule has 4 nitrogen and oxygen atoms in total. The first-order valence-electron chi connectivity index (χ1n) is 9.09. The Morgan fingerprint density at radius 3 is 2.50 bits per heavy atom. The number of carbonyl (C=O) groups excluding carboxylic acids is 1. The van der Waals surface area contributed by atoms with Crippen molar-refractivity contribution in [3.05, 3.63) is 65.7 Å². The van der Waals surface area contributed by atoms with E-state index in [0.717, 1.165) is 11.3 Å². The Morgan fingerprint density at radius 2 is 1.85 bits per heavy atom. The lowest BCUT2D eigenvalue weighted by molar-refractivity contribution is -0.145. The number of ether oxygens (including phenoxy) is 1. The molecular formula is C22H25NO3. The largest absolute Gasteiger partial charge is 0.508 e. The van der Waals surface area contributed by atoms with Crippen molar-refractivity contribution in [2.75, 3.05) is 13.2 Å². The first kappa shape index (κ1) is 18.2. The van der Waals surface area contributed by atoms with Crippen LogP contribution in [0.15, 0.2) is 59.6 Å². The molecule has 1 heterocycles. The van der Waals surface area contributed by atoms with E-state index in [1.54, 1.807) is 12.1 Å². The van der Waals surface area contributed by atoms with Gasteiger partial charge < -0.3 is 9.84 Å². The molecule has 0 fully saturated rings. The summed E-state index contributed by atoms with van der Waals surface area (Å²) in [5.74, 6) is 0.490. The molecule has 0 radical (unpaired) electrons. The Bertz CT molecular complexity index is 766. The number of rotatable bonds is 6. The second kappa shape index (κ2) is 8.17. The maximum atomic E-state index is 12.4. The van der Waals surface area contributed by atoms with Gasteiger partial charge in [-0.2, -0.15) is 0 Å². The predicted molar refractivity (Wildman–Crippen MR) is 103 cm³/mol. The van der Waals surface area contributed by atoms with Crippen LogP contribution in [0.1, 0.15) is 37.3 Å². The van der Waals surface area contributed by atoms with E-state index in [2.05, 4.69) is 12.1 Å². The van der Waals surface area contributed by atoms with Crippen molar-refractivity contribution in [1.29, 1.82) is 0 Å². The van der Waals surface area contributed by atoms with Crippen LogP contribution in [-0.4, -0.2) is 29.9 Å². The number of esters is 1. The molecule has 1 aliphatic heterocycles. The van der Waals surface area contributed by atoms with E-state index in [1.165, 1.54) is 5.56 Å². The van der Waals surface area contributed by atoms with Gasteiger partial charge in [0.15, 0.2) is 0 Å². The van der Waals surface area contributed by atoms with Gasteiger partial charge in [0.25, 0.3) is 0 Å². The summed E-state index contributed by atoms with van der Waals surface area (Å²) in [6, 6.07) is 17.2. The molecule has 0 aliphatic carbocycles. The lowest BCUT2D eigenvalue weighted by Gasteiger charge is -2.21. The smallest absolute Gasteiger partial charge is 0.306 e. The van der Waals surface area contributed by atoms with Crippen molar-refractivity contribution in [2.45, 2.75) is 26.2 Å². The second-order valence-corrected chi connectivity index (χ2v) is 7.18. The molecule has 1 aliphatic rings. The first-order valence-corrected chi connectivity index (χ1v) is 9.09. The number of hydrogen-bond acceptors (Lipinski definition) is 4. The summed E-state index contributed by atoms with van der Waals surface area (Å²) >= 11 is 0. The predicted octanol–water partition coefficient (Wildman–Crippen LogP) is 4.18. The molecule has 4 heteroatoms. The molecule has 0 saturated carbocycles. The van der Waals surface area contributed by atoms with Crippen LogP contribution in [0, 0.1) is 11.8 Å². The lowest BCUT2D eigenvalue weighted by atomic mass is 9.81. The highest BCUT2D eigenvalue weighted by Crippen LogP contribution is 2.36. The van der Waals surface area contributed by atoms with Crippen molar-refractivity contribution >= 4 is 11.7 Å². The Hall–Kier alpha value is -2.62. The van der Waals surface area contributed by atoms with Gasteiger partial charge >= 0.3 is 5.97 Å². The molecule has 0 amide bonds. The summed E-state index contributed by atoms with van der Waals surface area (Å²) in [5, 5.41) is 9.55. The van der Waals surface area contributed by atoms with Crippen LogP contribution in [0.25, 0.3) is 0 Å². The van der Waals surface area contributed by atoms with Gasteiger partial charge in [0.1, 0.15) is 5.75 Å². The lowest BCUT2D eigenvalue weighted by Crippen LogP contribution is -2.24. The Kier molecular flexibility index (Phi) is 5.71. The van der Waals surface area contributed by atoms with E-state index >= 15 is 0 Å². The number of phenolic OH excluding ortho intramolecular Hbond substituents is 1. The monoisotopic (exact) mass is 351 g/mol. The first-order chi connectivity index (χ1) is 12.5. The fourth-order valence-electron chi connectivity index (χ4n) is 3.34. The third-order valence-corrected chi connectivity index (χ3v) is 4.65. The van der Waals surface area contributed by atoms with Crippen LogP contribution in [0.3, 0.4) is 0 Å². The number of phenols is 1. The fourth-order valence-corrected chi connectivity index (χ4v) is 3.34. The number of aliphatic imine (C=N–C) groups is 1. The third-order valence-electron chi connectivity index (χ3n) is 4.65. The summed E-state index contributed by atoms with van der Waals surface area (Å²) in [6.07, 6.45) is 0.311. The van der Waals surface area contributed by atoms with Crippen LogP contribution < -0.4 is 0 Å². The zero-order valence-corrected chi connectivity index (χ0v) is 15.3. The Morgan fingerprint density at radius 1 is 1.15 bits per heavy atom. The van der Waals surface area contributed by atoms with Gasteiger partial charge in [-0.15, -0.1) is 0 Å². The topological polar surface area (TPSA) is 58.9 Å². The van der Waals surface area contributed by atoms with E-state index in [0.29, 0.717) is 25.5 Å². The van der Waals surface area contributed by atoms with Gasteiger partial charge in [-0.25, -0.2) is 0 Å². The molecule has 0 spiro atoms. The van der Waals surface area contributed by atoms with Gasteiger partial charge in [-0.1, -0.05) is 44.2 Å². The average molecular weight is 351 g/mol. The summed E-state index contributed by atoms with van der Waals surface area (Å²) in [7, 11) is 0. The quantitative estimate of drug-likeness (QED) is 0.794. The molecular weight excluding hydrogens is 326 g/mol. The number of aromatic hydroxyl groups is 1. The minimum Gasteiger partial charge on any atom is -0.508 e. The number of benzene rings is 2. The van der Waals surface area contributed by atoms with Gasteiger partial charge in [-0.05, 0) is 41.3 Å². The maximum absolute atomic E-state index is 12.4. The van der Waals surface area contributed by atoms with Crippen LogP contribution in [0.4, 0.5) is 0 Å². The fraction of sp³-hybridized carbons (Fsp3) is 0.364. The molecule has 2 aromatic rings. The van der Waals surface area contributed by atoms with Crippen molar-refractivity contribution in [2.24, 2.45) is 16.8 Å². The number of carbonyl (C=O) groups is 1. The van der Waals surface area contributed by atoms with Crippen molar-refractivity contribution in [1.82, 2.24) is 0 Å². The van der Waals surface area contributed by atoms with Crippen molar-refractivity contribution in [3.8, 4) is 5.75 Å². The zero-order valence-electron chi connectivity index (χ0n) is 15.3. The molecule has 1 N–H and O–H groups in total. The average Bonchev–Trinajstić information content (AvgIpc) is 3.05. The number of hydrogen-bond donors (Lipinski definition) is 1. The van der Waals surface area contributed by atoms with Crippen molar-refractivity contribution in [3.63, 3.8) is 0 Å². The molecule has 3 rings (SSSR count). The van der Waals surface area contributed by atoms with Crippen LogP contribution >= 0.6 is 0 Å².